The molecular weight excluding hydrogens is 430 g/mol. The van der Waals surface area contributed by atoms with Crippen LogP contribution in [0, 0.1) is 0 Å². The number of benzene rings is 2. The maximum Gasteiger partial charge on any atom is 0.203 e. The molecule has 2 aromatic heterocycles. The molecule has 4 aromatic rings. The van der Waals surface area contributed by atoms with E-state index in [0.29, 0.717) is 23.9 Å². The van der Waals surface area contributed by atoms with Crippen LogP contribution < -0.4 is 24.3 Å². The van der Waals surface area contributed by atoms with Crippen LogP contribution in [0.4, 0.5) is 5.82 Å². The number of imidazole rings is 1. The molecule has 0 aliphatic heterocycles. The molecule has 2 heterocycles. The third-order valence-corrected chi connectivity index (χ3v) is 6.21. The first-order chi connectivity index (χ1) is 15.6. The number of nitrogens with zero attached hydrogens (tertiary/aromatic N) is 2. The normalized spacial score (nSPS) is 11.2. The van der Waals surface area contributed by atoms with Gasteiger partial charge in [-0.15, -0.1) is 0 Å². The molecule has 0 amide bonds. The van der Waals surface area contributed by atoms with Gasteiger partial charge in [-0.1, -0.05) is 11.3 Å². The maximum atomic E-state index is 5.56. The van der Waals surface area contributed by atoms with E-state index in [9.17, 15) is 0 Å². The van der Waals surface area contributed by atoms with Gasteiger partial charge in [0.25, 0.3) is 0 Å². The van der Waals surface area contributed by atoms with Crippen LogP contribution in [0.2, 0.25) is 0 Å². The van der Waals surface area contributed by atoms with E-state index >= 15 is 0 Å². The zero-order chi connectivity index (χ0) is 22.7. The minimum absolute atomic E-state index is 0.548. The Hall–Kier alpha value is -3.17. The zero-order valence-electron chi connectivity index (χ0n) is 18.9. The van der Waals surface area contributed by atoms with Crippen molar-refractivity contribution in [2.45, 2.75) is 6.42 Å². The summed E-state index contributed by atoms with van der Waals surface area (Å²) in [6.45, 7) is 1.42. The number of methoxy groups -OCH3 is 5. The number of nitrogens with one attached hydrogen (secondary N) is 1. The van der Waals surface area contributed by atoms with Gasteiger partial charge >= 0.3 is 0 Å². The minimum atomic E-state index is 0.548. The Morgan fingerprint density at radius 1 is 0.938 bits per heavy atom. The molecule has 9 heteroatoms. The van der Waals surface area contributed by atoms with Crippen molar-refractivity contribution in [2.24, 2.45) is 0 Å². The Balaban J connectivity index is 1.90. The van der Waals surface area contributed by atoms with Crippen LogP contribution in [-0.2, 0) is 4.74 Å². The Morgan fingerprint density at radius 3 is 2.31 bits per heavy atom. The molecule has 0 fully saturated rings. The van der Waals surface area contributed by atoms with Crippen LogP contribution in [0.25, 0.3) is 26.4 Å². The van der Waals surface area contributed by atoms with E-state index in [1.54, 1.807) is 46.9 Å². The molecule has 0 spiro atoms. The second-order valence-corrected chi connectivity index (χ2v) is 8.06. The number of fused-ring (bicyclic) bond motifs is 3. The van der Waals surface area contributed by atoms with E-state index in [2.05, 4.69) is 15.8 Å². The summed E-state index contributed by atoms with van der Waals surface area (Å²) in [5, 5.41) is 3.56. The number of hydrogen-bond acceptors (Lipinski definition) is 8. The summed E-state index contributed by atoms with van der Waals surface area (Å²) >= 11 is 1.61. The third-order valence-electron chi connectivity index (χ3n) is 5.21. The predicted molar refractivity (Wildman–Crippen MR) is 127 cm³/mol. The second kappa shape index (κ2) is 9.54. The lowest BCUT2D eigenvalue weighted by Crippen LogP contribution is -2.07. The summed E-state index contributed by atoms with van der Waals surface area (Å²) in [5.41, 5.74) is 2.74. The van der Waals surface area contributed by atoms with E-state index in [1.807, 2.05) is 24.3 Å². The highest BCUT2D eigenvalue weighted by Gasteiger charge is 2.22. The largest absolute Gasteiger partial charge is 0.497 e. The van der Waals surface area contributed by atoms with E-state index in [0.717, 1.165) is 51.0 Å². The van der Waals surface area contributed by atoms with Crippen LogP contribution in [-0.4, -0.2) is 58.1 Å². The van der Waals surface area contributed by atoms with Gasteiger partial charge in [0.05, 0.1) is 38.7 Å². The van der Waals surface area contributed by atoms with Crippen LogP contribution in [0.3, 0.4) is 0 Å². The minimum Gasteiger partial charge on any atom is -0.497 e. The molecule has 170 valence electrons. The topological polar surface area (TPSA) is 75.5 Å². The molecule has 0 saturated heterocycles. The fourth-order valence-corrected chi connectivity index (χ4v) is 4.74. The molecule has 1 N–H and O–H groups in total. The monoisotopic (exact) mass is 457 g/mol. The molecule has 0 aliphatic rings. The smallest absolute Gasteiger partial charge is 0.203 e. The first kappa shape index (κ1) is 22.0. The van der Waals surface area contributed by atoms with Crippen molar-refractivity contribution in [3.8, 4) is 34.3 Å². The number of ether oxygens (including phenoxy) is 5. The number of hydrogen-bond donors (Lipinski definition) is 1. The van der Waals surface area contributed by atoms with Crippen molar-refractivity contribution in [3.63, 3.8) is 0 Å². The highest BCUT2D eigenvalue weighted by molar-refractivity contribution is 7.23. The fraction of sp³-hybridized carbons (Fsp3) is 0.348. The molecule has 0 aliphatic carbocycles. The van der Waals surface area contributed by atoms with Crippen molar-refractivity contribution in [1.82, 2.24) is 9.38 Å². The number of aromatic nitrogens is 2. The third kappa shape index (κ3) is 3.89. The van der Waals surface area contributed by atoms with Crippen LogP contribution in [0.5, 0.6) is 23.0 Å². The fourth-order valence-electron chi connectivity index (χ4n) is 3.68. The van der Waals surface area contributed by atoms with Crippen LogP contribution >= 0.6 is 11.3 Å². The van der Waals surface area contributed by atoms with Gasteiger partial charge in [-0.3, -0.25) is 4.40 Å². The molecule has 4 rings (SSSR count). The van der Waals surface area contributed by atoms with Gasteiger partial charge in [-0.05, 0) is 36.8 Å². The van der Waals surface area contributed by atoms with E-state index < -0.39 is 0 Å². The molecule has 8 nitrogen and oxygen atoms in total. The standard InChI is InChI=1S/C23H27N3O5S/c1-27-10-6-9-24-22-20(14-11-17(29-3)21(31-5)18(12-14)30-4)25-23-26(22)16-8-7-15(28-2)13-19(16)32-23/h7-8,11-13,24H,6,9-10H2,1-5H3. The van der Waals surface area contributed by atoms with Crippen molar-refractivity contribution in [3.05, 3.63) is 30.3 Å². The highest BCUT2D eigenvalue weighted by atomic mass is 32.1. The Bertz CT molecular complexity index is 1210. The summed E-state index contributed by atoms with van der Waals surface area (Å²) in [7, 11) is 8.19. The van der Waals surface area contributed by atoms with Crippen molar-refractivity contribution < 1.29 is 23.7 Å². The summed E-state index contributed by atoms with van der Waals surface area (Å²) in [6, 6.07) is 9.88. The molecule has 2 aromatic carbocycles. The Kier molecular flexibility index (Phi) is 6.57. The maximum absolute atomic E-state index is 5.56. The van der Waals surface area contributed by atoms with Gasteiger partial charge in [0, 0.05) is 25.8 Å². The van der Waals surface area contributed by atoms with Gasteiger partial charge in [0.2, 0.25) is 5.75 Å². The first-order valence-electron chi connectivity index (χ1n) is 10.2. The van der Waals surface area contributed by atoms with Gasteiger partial charge in [0.1, 0.15) is 17.3 Å². The highest BCUT2D eigenvalue weighted by Crippen LogP contribution is 2.44. The summed E-state index contributed by atoms with van der Waals surface area (Å²) in [4.78, 5) is 5.86. The van der Waals surface area contributed by atoms with Crippen LogP contribution in [0.15, 0.2) is 30.3 Å². The number of rotatable bonds is 10. The zero-order valence-corrected chi connectivity index (χ0v) is 19.7. The molecular formula is C23H27N3O5S. The van der Waals surface area contributed by atoms with E-state index in [-0.39, 0.29) is 0 Å². The number of anilines is 1. The first-order valence-corrected chi connectivity index (χ1v) is 11.0. The molecule has 0 atom stereocenters. The van der Waals surface area contributed by atoms with E-state index in [4.69, 9.17) is 28.7 Å². The summed E-state index contributed by atoms with van der Waals surface area (Å²) in [6.07, 6.45) is 0.869. The molecule has 0 saturated carbocycles. The Morgan fingerprint density at radius 2 is 1.69 bits per heavy atom. The van der Waals surface area contributed by atoms with Gasteiger partial charge in [-0.2, -0.15) is 0 Å². The van der Waals surface area contributed by atoms with Crippen molar-refractivity contribution >= 4 is 32.3 Å². The molecule has 0 unspecified atom stereocenters. The quantitative estimate of drug-likeness (QED) is 0.346. The average molecular weight is 458 g/mol. The lowest BCUT2D eigenvalue weighted by atomic mass is 10.1. The van der Waals surface area contributed by atoms with Gasteiger partial charge in [0.15, 0.2) is 16.5 Å². The summed E-state index contributed by atoms with van der Waals surface area (Å²) < 4.78 is 30.4. The predicted octanol–water partition coefficient (Wildman–Crippen LogP) is 4.70. The average Bonchev–Trinajstić information content (AvgIpc) is 3.36. The molecule has 0 bridgehead atoms. The van der Waals surface area contributed by atoms with Crippen LogP contribution in [0.1, 0.15) is 6.42 Å². The second-order valence-electron chi connectivity index (χ2n) is 7.05. The Labute approximate surface area is 190 Å². The summed E-state index contributed by atoms with van der Waals surface area (Å²) in [5.74, 6) is 3.44. The lowest BCUT2D eigenvalue weighted by molar-refractivity contribution is 0.198. The van der Waals surface area contributed by atoms with E-state index in [1.165, 1.54) is 0 Å². The van der Waals surface area contributed by atoms with Crippen molar-refractivity contribution in [2.75, 3.05) is 54.0 Å². The molecule has 0 radical (unpaired) electrons. The number of thiazole rings is 1. The SMILES string of the molecule is COCCCNc1c(-c2cc(OC)c(OC)c(OC)c2)nc2sc3cc(OC)ccc3n12. The van der Waals surface area contributed by atoms with Gasteiger partial charge < -0.3 is 29.0 Å². The lowest BCUT2D eigenvalue weighted by Gasteiger charge is -2.14. The molecule has 32 heavy (non-hydrogen) atoms. The van der Waals surface area contributed by atoms with Gasteiger partial charge in [-0.25, -0.2) is 4.98 Å². The van der Waals surface area contributed by atoms with Crippen molar-refractivity contribution in [1.29, 1.82) is 0 Å².